The average molecular weight is 212 g/mol. The average Bonchev–Trinajstić information content (AvgIpc) is 2.28. The molecule has 0 aliphatic rings. The van der Waals surface area contributed by atoms with Crippen molar-refractivity contribution in [1.82, 2.24) is 9.45 Å². The maximum atomic E-state index is 4.69. The van der Waals surface area contributed by atoms with Gasteiger partial charge in [0.05, 0.1) is 0 Å². The van der Waals surface area contributed by atoms with Crippen molar-refractivity contribution in [2.75, 3.05) is 0 Å². The van der Waals surface area contributed by atoms with Gasteiger partial charge in [0.15, 0.2) is 8.24 Å². The fourth-order valence-electron chi connectivity index (χ4n) is 1.10. The van der Waals surface area contributed by atoms with Crippen LogP contribution < -0.4 is 5.32 Å². The fraction of sp³-hybridized carbons (Fsp3) is 0.667. The predicted molar refractivity (Wildman–Crippen MR) is 64.0 cm³/mol. The molecule has 0 amide bonds. The molecule has 0 atom stereocenters. The van der Waals surface area contributed by atoms with Crippen LogP contribution in [0.25, 0.3) is 0 Å². The van der Waals surface area contributed by atoms with Gasteiger partial charge in [-0.15, -0.1) is 0 Å². The fourth-order valence-corrected chi connectivity index (χ4v) is 3.11. The summed E-state index contributed by atoms with van der Waals surface area (Å²) in [7, 11) is -2.46. The van der Waals surface area contributed by atoms with Gasteiger partial charge in [-0.25, -0.2) is 0 Å². The Morgan fingerprint density at radius 2 is 1.62 bits per heavy atom. The van der Waals surface area contributed by atoms with E-state index >= 15 is 0 Å². The Morgan fingerprint density at radius 3 is 1.85 bits per heavy atom. The lowest BCUT2D eigenvalue weighted by atomic mass is 10.8. The number of rotatable bonds is 2. The van der Waals surface area contributed by atoms with Crippen LogP contribution in [0.2, 0.25) is 39.3 Å². The van der Waals surface area contributed by atoms with E-state index < -0.39 is 16.3 Å². The Hall–Kier alpha value is -0.356. The van der Waals surface area contributed by atoms with Crippen molar-refractivity contribution in [1.29, 1.82) is 0 Å². The van der Waals surface area contributed by atoms with Gasteiger partial charge in [-0.2, -0.15) is 5.10 Å². The Bertz CT molecular complexity index is 263. The Morgan fingerprint density at radius 1 is 1.08 bits per heavy atom. The molecule has 0 aliphatic heterocycles. The summed E-state index contributed by atoms with van der Waals surface area (Å²) in [5.74, 6) is 0. The van der Waals surface area contributed by atoms with Crippen LogP contribution in [0, 0.1) is 0 Å². The lowest BCUT2D eigenvalue weighted by Gasteiger charge is -2.17. The molecule has 4 heteroatoms. The molecule has 2 nitrogen and oxygen atoms in total. The zero-order chi connectivity index (χ0) is 10.3. The Kier molecular flexibility index (Phi) is 2.55. The minimum atomic E-state index is -1.26. The zero-order valence-corrected chi connectivity index (χ0v) is 11.5. The summed E-state index contributed by atoms with van der Waals surface area (Å²) in [5, 5.41) is 6.02. The molecule has 74 valence electrons. The summed E-state index contributed by atoms with van der Waals surface area (Å²) < 4.78 is 2.20. The van der Waals surface area contributed by atoms with Crippen molar-refractivity contribution in [3.05, 3.63) is 12.3 Å². The highest BCUT2D eigenvalue weighted by Gasteiger charge is 2.23. The molecule has 0 aliphatic carbocycles. The first-order valence-corrected chi connectivity index (χ1v) is 11.7. The minimum absolute atomic E-state index is 1.20. The molecular formula is C9H20N2Si2. The maximum absolute atomic E-state index is 4.69. The van der Waals surface area contributed by atoms with Gasteiger partial charge in [0, 0.05) is 11.5 Å². The third-order valence-electron chi connectivity index (χ3n) is 2.04. The van der Waals surface area contributed by atoms with Crippen LogP contribution in [0.1, 0.15) is 0 Å². The second-order valence-corrected chi connectivity index (χ2v) is 15.4. The van der Waals surface area contributed by atoms with Gasteiger partial charge >= 0.3 is 0 Å². The first-order valence-electron chi connectivity index (χ1n) is 4.78. The minimum Gasteiger partial charge on any atom is -0.302 e. The van der Waals surface area contributed by atoms with Gasteiger partial charge < -0.3 is 4.35 Å². The van der Waals surface area contributed by atoms with Crippen LogP contribution in [0.5, 0.6) is 0 Å². The summed E-state index contributed by atoms with van der Waals surface area (Å²) in [4.78, 5) is 0. The van der Waals surface area contributed by atoms with Crippen LogP contribution in [-0.4, -0.2) is 25.8 Å². The predicted octanol–water partition coefficient (Wildman–Crippen LogP) is 2.11. The molecule has 0 bridgehead atoms. The highest BCUT2D eigenvalue weighted by atomic mass is 28.3. The highest BCUT2D eigenvalue weighted by molar-refractivity contribution is 6.88. The molecule has 0 unspecified atom stereocenters. The van der Waals surface area contributed by atoms with E-state index in [4.69, 9.17) is 5.10 Å². The lowest BCUT2D eigenvalue weighted by molar-refractivity contribution is 0.944. The van der Waals surface area contributed by atoms with Gasteiger partial charge in [0.25, 0.3) is 0 Å². The second kappa shape index (κ2) is 3.10. The number of hydrogen-bond acceptors (Lipinski definition) is 1. The molecule has 1 rings (SSSR count). The summed E-state index contributed by atoms with van der Waals surface area (Å²) >= 11 is 0. The number of hydrogen-bond donors (Lipinski definition) is 0. The second-order valence-electron chi connectivity index (χ2n) is 5.57. The molecule has 0 radical (unpaired) electrons. The third kappa shape index (κ3) is 2.54. The summed E-state index contributed by atoms with van der Waals surface area (Å²) in [6, 6.07) is 2.20. The quantitative estimate of drug-likeness (QED) is 0.687. The summed E-state index contributed by atoms with van der Waals surface area (Å²) in [6.07, 6.45) is 2.15. The first kappa shape index (κ1) is 10.7. The van der Waals surface area contributed by atoms with Crippen molar-refractivity contribution < 1.29 is 0 Å². The molecule has 13 heavy (non-hydrogen) atoms. The van der Waals surface area contributed by atoms with Crippen LogP contribution in [0.15, 0.2) is 12.3 Å². The number of nitrogens with zero attached hydrogens (tertiary/aromatic N) is 2. The molecule has 0 saturated carbocycles. The molecule has 1 heterocycles. The largest absolute Gasteiger partial charge is 0.302 e. The Balaban J connectivity index is 3.01. The Labute approximate surface area is 83.1 Å². The zero-order valence-electron chi connectivity index (χ0n) is 9.55. The van der Waals surface area contributed by atoms with Crippen molar-refractivity contribution in [2.45, 2.75) is 39.3 Å². The standard InChI is InChI=1S/C9H20N2Si2/c1-12(2,3)9-7-8-11(10-9)13(4,5)6/h7-8H,1-6H3. The van der Waals surface area contributed by atoms with Crippen LogP contribution in [0.3, 0.4) is 0 Å². The van der Waals surface area contributed by atoms with E-state index in [1.165, 1.54) is 5.32 Å². The van der Waals surface area contributed by atoms with E-state index in [0.717, 1.165) is 0 Å². The smallest absolute Gasteiger partial charge is 0.175 e. The third-order valence-corrected chi connectivity index (χ3v) is 5.47. The van der Waals surface area contributed by atoms with Crippen molar-refractivity contribution in [3.8, 4) is 0 Å². The highest BCUT2D eigenvalue weighted by Crippen LogP contribution is 2.05. The molecule has 0 N–H and O–H groups in total. The monoisotopic (exact) mass is 212 g/mol. The summed E-state index contributed by atoms with van der Waals surface area (Å²) in [5.41, 5.74) is 0. The lowest BCUT2D eigenvalue weighted by Crippen LogP contribution is -2.41. The van der Waals surface area contributed by atoms with E-state index in [1.807, 2.05) is 0 Å². The topological polar surface area (TPSA) is 17.8 Å². The van der Waals surface area contributed by atoms with E-state index in [-0.39, 0.29) is 0 Å². The van der Waals surface area contributed by atoms with Crippen molar-refractivity contribution in [2.24, 2.45) is 0 Å². The van der Waals surface area contributed by atoms with Gasteiger partial charge in [-0.1, -0.05) is 19.6 Å². The molecular weight excluding hydrogens is 192 g/mol. The molecule has 0 saturated heterocycles. The van der Waals surface area contributed by atoms with Gasteiger partial charge in [0.2, 0.25) is 0 Å². The normalized spacial score (nSPS) is 13.4. The molecule has 0 fully saturated rings. The van der Waals surface area contributed by atoms with E-state index in [0.29, 0.717) is 0 Å². The van der Waals surface area contributed by atoms with Gasteiger partial charge in [0.1, 0.15) is 8.07 Å². The van der Waals surface area contributed by atoms with E-state index in [9.17, 15) is 0 Å². The summed E-state index contributed by atoms with van der Waals surface area (Å²) in [6.45, 7) is 14.0. The molecule has 0 aromatic carbocycles. The van der Waals surface area contributed by atoms with Crippen molar-refractivity contribution in [3.63, 3.8) is 0 Å². The molecule has 1 aromatic heterocycles. The van der Waals surface area contributed by atoms with Gasteiger partial charge in [-0.05, 0) is 25.7 Å². The first-order chi connectivity index (χ1) is 5.71. The molecule has 0 spiro atoms. The number of aromatic nitrogens is 2. The van der Waals surface area contributed by atoms with E-state index in [1.54, 1.807) is 0 Å². The van der Waals surface area contributed by atoms with Gasteiger partial charge in [-0.3, -0.25) is 0 Å². The maximum Gasteiger partial charge on any atom is 0.175 e. The van der Waals surface area contributed by atoms with Crippen molar-refractivity contribution >= 4 is 21.6 Å². The SMILES string of the molecule is C[Si](C)(C)c1ccn([Si](C)(C)C)n1. The molecule has 1 aromatic rings. The van der Waals surface area contributed by atoms with Crippen LogP contribution >= 0.6 is 0 Å². The van der Waals surface area contributed by atoms with Crippen LogP contribution in [-0.2, 0) is 0 Å². The van der Waals surface area contributed by atoms with E-state index in [2.05, 4.69) is 55.9 Å². The van der Waals surface area contributed by atoms with Crippen LogP contribution in [0.4, 0.5) is 0 Å².